The van der Waals surface area contributed by atoms with Crippen molar-refractivity contribution < 1.29 is 9.53 Å². The van der Waals surface area contributed by atoms with Gasteiger partial charge in [0.05, 0.1) is 40.5 Å². The maximum absolute atomic E-state index is 13.2. The molecule has 4 rings (SSSR count). The zero-order valence-electron chi connectivity index (χ0n) is 19.0. The van der Waals surface area contributed by atoms with Crippen molar-refractivity contribution in [1.29, 1.82) is 0 Å². The molecule has 7 heteroatoms. The molecule has 0 atom stereocenters. The highest BCUT2D eigenvalue weighted by Gasteiger charge is 2.30. The Bertz CT molecular complexity index is 1300. The molecule has 6 nitrogen and oxygen atoms in total. The minimum atomic E-state index is -0.204. The lowest BCUT2D eigenvalue weighted by Crippen LogP contribution is -2.21. The second-order valence-electron chi connectivity index (χ2n) is 7.97. The molecule has 2 heterocycles. The fourth-order valence-electron chi connectivity index (χ4n) is 3.93. The van der Waals surface area contributed by atoms with Crippen molar-refractivity contribution in [3.05, 3.63) is 75.1 Å². The number of nitrogens with zero attached hydrogens (tertiary/aromatic N) is 4. The molecule has 0 unspecified atom stereocenters. The van der Waals surface area contributed by atoms with Gasteiger partial charge in [-0.05, 0) is 64.5 Å². The summed E-state index contributed by atoms with van der Waals surface area (Å²) in [5, 5.41) is 11.1. The first-order valence-corrected chi connectivity index (χ1v) is 10.7. The third-order valence-corrected chi connectivity index (χ3v) is 5.97. The van der Waals surface area contributed by atoms with Crippen LogP contribution < -0.4 is 9.75 Å². The van der Waals surface area contributed by atoms with Gasteiger partial charge in [-0.3, -0.25) is 4.79 Å². The highest BCUT2D eigenvalue weighted by atomic mass is 35.5. The molecule has 0 spiro atoms. The number of ether oxygens (including phenoxy) is 1. The predicted molar refractivity (Wildman–Crippen MR) is 129 cm³/mol. The van der Waals surface area contributed by atoms with Gasteiger partial charge in [-0.25, -0.2) is 4.68 Å². The van der Waals surface area contributed by atoms with Gasteiger partial charge in [0.15, 0.2) is 0 Å². The van der Waals surface area contributed by atoms with Crippen molar-refractivity contribution >= 4 is 35.0 Å². The van der Waals surface area contributed by atoms with Crippen molar-refractivity contribution in [2.45, 2.75) is 34.6 Å². The van der Waals surface area contributed by atoms with Gasteiger partial charge in [0.2, 0.25) is 0 Å². The lowest BCUT2D eigenvalue weighted by Gasteiger charge is -2.13. The molecule has 0 radical (unpaired) electrons. The van der Waals surface area contributed by atoms with Crippen molar-refractivity contribution in [2.75, 3.05) is 12.1 Å². The number of hydrazone groups is 1. The number of benzene rings is 2. The summed E-state index contributed by atoms with van der Waals surface area (Å²) in [6.07, 6.45) is 1.88. The standard InChI is InChI=1S/C25H25ClN4O2/c1-14-7-10-23(15(2)11-14)29-18(5)20(16(3)27-29)13-21-17(4)28-30(25(21)31)19-8-9-22(26)24(12-19)32-6/h7-13H,1-6H3/b21-13-. The number of methoxy groups -OCH3 is 1. The van der Waals surface area contributed by atoms with E-state index in [0.29, 0.717) is 27.7 Å². The summed E-state index contributed by atoms with van der Waals surface area (Å²) in [5.41, 5.74) is 7.88. The van der Waals surface area contributed by atoms with Gasteiger partial charge < -0.3 is 4.74 Å². The largest absolute Gasteiger partial charge is 0.495 e. The molecule has 32 heavy (non-hydrogen) atoms. The Labute approximate surface area is 192 Å². The van der Waals surface area contributed by atoms with E-state index in [9.17, 15) is 4.79 Å². The third-order valence-electron chi connectivity index (χ3n) is 5.66. The van der Waals surface area contributed by atoms with Crippen LogP contribution in [-0.4, -0.2) is 28.5 Å². The molecule has 3 aromatic rings. The van der Waals surface area contributed by atoms with E-state index in [0.717, 1.165) is 28.2 Å². The smallest absolute Gasteiger partial charge is 0.280 e. The Morgan fingerprint density at radius 3 is 2.47 bits per heavy atom. The van der Waals surface area contributed by atoms with Crippen molar-refractivity contribution in [1.82, 2.24) is 9.78 Å². The Balaban J connectivity index is 1.73. The molecule has 1 amide bonds. The van der Waals surface area contributed by atoms with Crippen LogP contribution in [0.4, 0.5) is 5.69 Å². The predicted octanol–water partition coefficient (Wildman–Crippen LogP) is 5.57. The number of hydrogen-bond acceptors (Lipinski definition) is 4. The van der Waals surface area contributed by atoms with Crippen molar-refractivity contribution in [3.63, 3.8) is 0 Å². The number of carbonyl (C=O) groups excluding carboxylic acids is 1. The van der Waals surface area contributed by atoms with Gasteiger partial charge in [-0.15, -0.1) is 0 Å². The first kappa shape index (κ1) is 21.8. The molecule has 2 aromatic carbocycles. The van der Waals surface area contributed by atoms with E-state index in [1.807, 2.05) is 31.5 Å². The molecule has 0 N–H and O–H groups in total. The monoisotopic (exact) mass is 448 g/mol. The topological polar surface area (TPSA) is 59.7 Å². The van der Waals surface area contributed by atoms with E-state index in [1.165, 1.54) is 17.7 Å². The zero-order valence-corrected chi connectivity index (χ0v) is 19.8. The SMILES string of the molecule is COc1cc(N2N=C(C)/C(=C/c3c(C)nn(-c4ccc(C)cc4C)c3C)C2=O)ccc1Cl. The number of anilines is 1. The Morgan fingerprint density at radius 1 is 1.03 bits per heavy atom. The molecule has 164 valence electrons. The van der Waals surface area contributed by atoms with Crippen LogP contribution in [0.1, 0.15) is 35.0 Å². The lowest BCUT2D eigenvalue weighted by molar-refractivity contribution is -0.114. The quantitative estimate of drug-likeness (QED) is 0.490. The summed E-state index contributed by atoms with van der Waals surface area (Å²) in [4.78, 5) is 13.2. The van der Waals surface area contributed by atoms with Crippen LogP contribution in [0.5, 0.6) is 5.75 Å². The maximum atomic E-state index is 13.2. The highest BCUT2D eigenvalue weighted by Crippen LogP contribution is 2.33. The van der Waals surface area contributed by atoms with Crippen LogP contribution >= 0.6 is 11.6 Å². The molecule has 1 aliphatic heterocycles. The van der Waals surface area contributed by atoms with Gasteiger partial charge in [-0.1, -0.05) is 29.3 Å². The lowest BCUT2D eigenvalue weighted by atomic mass is 10.1. The number of carbonyl (C=O) groups is 1. The first-order chi connectivity index (χ1) is 15.2. The van der Waals surface area contributed by atoms with Gasteiger partial charge >= 0.3 is 0 Å². The first-order valence-electron chi connectivity index (χ1n) is 10.3. The average Bonchev–Trinajstić information content (AvgIpc) is 3.19. The van der Waals surface area contributed by atoms with Gasteiger partial charge in [0.1, 0.15) is 5.75 Å². The third kappa shape index (κ3) is 3.71. The van der Waals surface area contributed by atoms with Gasteiger partial charge in [0.25, 0.3) is 5.91 Å². The molecule has 0 saturated heterocycles. The molecule has 1 aliphatic rings. The Morgan fingerprint density at radius 2 is 1.78 bits per heavy atom. The van der Waals surface area contributed by atoms with Gasteiger partial charge in [0, 0.05) is 17.3 Å². The van der Waals surface area contributed by atoms with Gasteiger partial charge in [-0.2, -0.15) is 15.2 Å². The summed E-state index contributed by atoms with van der Waals surface area (Å²) in [5.74, 6) is 0.286. The van der Waals surface area contributed by atoms with E-state index in [4.69, 9.17) is 21.4 Å². The van der Waals surface area contributed by atoms with Crippen LogP contribution in [0.3, 0.4) is 0 Å². The highest BCUT2D eigenvalue weighted by molar-refractivity contribution is 6.33. The number of halogens is 1. The maximum Gasteiger partial charge on any atom is 0.280 e. The molecular formula is C25H25ClN4O2. The molecule has 0 fully saturated rings. The van der Waals surface area contributed by atoms with E-state index in [1.54, 1.807) is 18.2 Å². The summed E-state index contributed by atoms with van der Waals surface area (Å²) in [7, 11) is 1.54. The zero-order chi connectivity index (χ0) is 23.2. The van der Waals surface area contributed by atoms with Crippen LogP contribution in [0.25, 0.3) is 11.8 Å². The minimum absolute atomic E-state index is 0.204. The second kappa shape index (κ2) is 8.28. The van der Waals surface area contributed by atoms with E-state index in [2.05, 4.69) is 37.1 Å². The van der Waals surface area contributed by atoms with E-state index < -0.39 is 0 Å². The van der Waals surface area contributed by atoms with Crippen LogP contribution in [-0.2, 0) is 4.79 Å². The Kier molecular flexibility index (Phi) is 5.65. The van der Waals surface area contributed by atoms with Crippen molar-refractivity contribution in [2.24, 2.45) is 5.10 Å². The number of rotatable bonds is 4. The molecular weight excluding hydrogens is 424 g/mol. The number of aryl methyl sites for hydroxylation is 3. The van der Waals surface area contributed by atoms with Crippen LogP contribution in [0.15, 0.2) is 47.1 Å². The fourth-order valence-corrected chi connectivity index (χ4v) is 4.12. The normalized spacial score (nSPS) is 15.0. The summed E-state index contributed by atoms with van der Waals surface area (Å²) in [6, 6.07) is 11.4. The number of aromatic nitrogens is 2. The fraction of sp³-hybridized carbons (Fsp3) is 0.240. The van der Waals surface area contributed by atoms with Crippen LogP contribution in [0, 0.1) is 27.7 Å². The average molecular weight is 449 g/mol. The van der Waals surface area contributed by atoms with Crippen molar-refractivity contribution in [3.8, 4) is 11.4 Å². The van der Waals surface area contributed by atoms with E-state index in [-0.39, 0.29) is 5.91 Å². The summed E-state index contributed by atoms with van der Waals surface area (Å²) in [6.45, 7) is 9.94. The summed E-state index contributed by atoms with van der Waals surface area (Å²) < 4.78 is 7.21. The summed E-state index contributed by atoms with van der Waals surface area (Å²) >= 11 is 6.13. The number of hydrogen-bond donors (Lipinski definition) is 0. The number of amides is 1. The second-order valence-corrected chi connectivity index (χ2v) is 8.37. The Hall–Kier alpha value is -3.38. The van der Waals surface area contributed by atoms with Crippen LogP contribution in [0.2, 0.25) is 5.02 Å². The van der Waals surface area contributed by atoms with E-state index >= 15 is 0 Å². The molecule has 0 aliphatic carbocycles. The molecule has 0 saturated carbocycles. The molecule has 0 bridgehead atoms. The molecule has 1 aromatic heterocycles. The minimum Gasteiger partial charge on any atom is -0.495 e.